The SMILES string of the molecule is O=[N+]([O-])c1cc(-c2nc(-c3ccc[n+](O)c3C(F)(F)F)no2)cc(O)c1O. The zero-order chi connectivity index (χ0) is 19.9. The van der Waals surface area contributed by atoms with Gasteiger partial charge in [-0.3, -0.25) is 15.3 Å². The highest BCUT2D eigenvalue weighted by atomic mass is 19.4. The number of benzene rings is 1. The van der Waals surface area contributed by atoms with E-state index in [0.29, 0.717) is 0 Å². The van der Waals surface area contributed by atoms with Gasteiger partial charge < -0.3 is 14.7 Å². The molecule has 2 heterocycles. The second-order valence-corrected chi connectivity index (χ2v) is 5.16. The van der Waals surface area contributed by atoms with E-state index in [1.807, 2.05) is 0 Å². The van der Waals surface area contributed by atoms with E-state index in [2.05, 4.69) is 10.1 Å². The van der Waals surface area contributed by atoms with Gasteiger partial charge in [0.2, 0.25) is 17.8 Å². The van der Waals surface area contributed by atoms with Crippen LogP contribution in [-0.2, 0) is 6.18 Å². The number of halogens is 3. The molecule has 0 aliphatic carbocycles. The summed E-state index contributed by atoms with van der Waals surface area (Å²) >= 11 is 0. The molecule has 1 aromatic carbocycles. The highest BCUT2D eigenvalue weighted by molar-refractivity contribution is 5.69. The highest BCUT2D eigenvalue weighted by Gasteiger charge is 2.46. The summed E-state index contributed by atoms with van der Waals surface area (Å²) in [5.74, 6) is -2.86. The molecule has 0 aliphatic heterocycles. The van der Waals surface area contributed by atoms with Crippen LogP contribution < -0.4 is 4.73 Å². The Hall–Kier alpha value is -3.90. The molecule has 0 amide bonds. The Balaban J connectivity index is 2.13. The summed E-state index contributed by atoms with van der Waals surface area (Å²) < 4.78 is 44.1. The monoisotopic (exact) mass is 385 g/mol. The molecule has 0 atom stereocenters. The smallest absolute Gasteiger partial charge is 0.483 e. The van der Waals surface area contributed by atoms with Crippen LogP contribution in [0.15, 0.2) is 35.0 Å². The van der Waals surface area contributed by atoms with Gasteiger partial charge in [0.15, 0.2) is 5.75 Å². The first-order chi connectivity index (χ1) is 12.6. The number of alkyl halides is 3. The minimum absolute atomic E-state index is 0.150. The van der Waals surface area contributed by atoms with Crippen LogP contribution in [0.2, 0.25) is 0 Å². The van der Waals surface area contributed by atoms with Gasteiger partial charge in [0.1, 0.15) is 5.56 Å². The highest BCUT2D eigenvalue weighted by Crippen LogP contribution is 2.39. The average molecular weight is 385 g/mol. The topological polar surface area (TPSA) is 147 Å². The van der Waals surface area contributed by atoms with Gasteiger partial charge in [-0.05, 0) is 12.1 Å². The third kappa shape index (κ3) is 3.17. The Labute approximate surface area is 146 Å². The van der Waals surface area contributed by atoms with Crippen LogP contribution >= 0.6 is 0 Å². The van der Waals surface area contributed by atoms with Crippen LogP contribution in [0.3, 0.4) is 0 Å². The summed E-state index contributed by atoms with van der Waals surface area (Å²) in [6, 6.07) is 3.76. The molecule has 0 bridgehead atoms. The van der Waals surface area contributed by atoms with E-state index in [9.17, 15) is 38.7 Å². The van der Waals surface area contributed by atoms with Crippen molar-refractivity contribution in [2.24, 2.45) is 0 Å². The van der Waals surface area contributed by atoms with E-state index in [4.69, 9.17) is 4.52 Å². The van der Waals surface area contributed by atoms with E-state index in [1.54, 1.807) is 0 Å². The summed E-state index contributed by atoms with van der Waals surface area (Å²) in [5, 5.41) is 42.8. The van der Waals surface area contributed by atoms with Gasteiger partial charge in [0.25, 0.3) is 5.89 Å². The normalized spacial score (nSPS) is 11.5. The van der Waals surface area contributed by atoms with Gasteiger partial charge in [-0.2, -0.15) is 18.2 Å². The van der Waals surface area contributed by atoms with Crippen molar-refractivity contribution in [2.45, 2.75) is 6.18 Å². The van der Waals surface area contributed by atoms with Crippen molar-refractivity contribution in [1.29, 1.82) is 0 Å². The van der Waals surface area contributed by atoms with Gasteiger partial charge in [-0.15, -0.1) is 0 Å². The zero-order valence-electron chi connectivity index (χ0n) is 12.9. The molecule has 0 saturated heterocycles. The maximum Gasteiger partial charge on any atom is 0.483 e. The number of nitrogens with zero attached hydrogens (tertiary/aromatic N) is 4. The Morgan fingerprint density at radius 2 is 1.96 bits per heavy atom. The van der Waals surface area contributed by atoms with Crippen LogP contribution in [0, 0.1) is 10.1 Å². The second-order valence-electron chi connectivity index (χ2n) is 5.16. The lowest BCUT2D eigenvalue weighted by molar-refractivity contribution is -0.914. The Bertz CT molecular complexity index is 1050. The molecule has 0 saturated carbocycles. The maximum atomic E-state index is 13.2. The van der Waals surface area contributed by atoms with Crippen LogP contribution in [0.1, 0.15) is 5.69 Å². The minimum Gasteiger partial charge on any atom is -0.504 e. The Kier molecular flexibility index (Phi) is 4.06. The van der Waals surface area contributed by atoms with Gasteiger partial charge in [0.05, 0.1) is 10.5 Å². The quantitative estimate of drug-likeness (QED) is 0.205. The van der Waals surface area contributed by atoms with Crippen molar-refractivity contribution >= 4 is 5.69 Å². The first kappa shape index (κ1) is 17.9. The molecule has 0 aliphatic rings. The molecular weight excluding hydrogens is 377 g/mol. The van der Waals surface area contributed by atoms with Crippen molar-refractivity contribution in [3.8, 4) is 34.3 Å². The van der Waals surface area contributed by atoms with Crippen molar-refractivity contribution in [3.05, 3.63) is 46.3 Å². The lowest BCUT2D eigenvalue weighted by Gasteiger charge is -2.04. The zero-order valence-corrected chi connectivity index (χ0v) is 12.9. The van der Waals surface area contributed by atoms with Gasteiger partial charge in [0, 0.05) is 16.9 Å². The molecule has 3 aromatic rings. The number of phenols is 2. The largest absolute Gasteiger partial charge is 0.504 e. The van der Waals surface area contributed by atoms with E-state index in [-0.39, 0.29) is 10.3 Å². The molecule has 0 spiro atoms. The molecule has 0 unspecified atom stereocenters. The summed E-state index contributed by atoms with van der Waals surface area (Å²) in [4.78, 5) is 13.6. The molecule has 0 fully saturated rings. The van der Waals surface area contributed by atoms with E-state index in [0.717, 1.165) is 30.5 Å². The first-order valence-corrected chi connectivity index (χ1v) is 6.95. The summed E-state index contributed by atoms with van der Waals surface area (Å²) in [7, 11) is 0. The number of pyridine rings is 1. The fraction of sp³-hybridized carbons (Fsp3) is 0.0714. The fourth-order valence-electron chi connectivity index (χ4n) is 2.28. The lowest BCUT2D eigenvalue weighted by atomic mass is 10.1. The van der Waals surface area contributed by atoms with Gasteiger partial charge in [-0.1, -0.05) is 5.16 Å². The second kappa shape index (κ2) is 6.12. The third-order valence-electron chi connectivity index (χ3n) is 3.42. The van der Waals surface area contributed by atoms with E-state index >= 15 is 0 Å². The van der Waals surface area contributed by atoms with Crippen molar-refractivity contribution < 1.29 is 42.8 Å². The van der Waals surface area contributed by atoms with Crippen molar-refractivity contribution in [2.75, 3.05) is 0 Å². The maximum absolute atomic E-state index is 13.2. The molecule has 2 aromatic heterocycles. The predicted molar refractivity (Wildman–Crippen MR) is 77.5 cm³/mol. The van der Waals surface area contributed by atoms with E-state index < -0.39 is 51.3 Å². The van der Waals surface area contributed by atoms with Gasteiger partial charge >= 0.3 is 17.6 Å². The van der Waals surface area contributed by atoms with Crippen LogP contribution in [0.25, 0.3) is 22.8 Å². The van der Waals surface area contributed by atoms with E-state index in [1.165, 1.54) is 0 Å². The van der Waals surface area contributed by atoms with Crippen molar-refractivity contribution in [1.82, 2.24) is 10.1 Å². The lowest BCUT2D eigenvalue weighted by Crippen LogP contribution is -2.39. The van der Waals surface area contributed by atoms with Crippen LogP contribution in [0.4, 0.5) is 18.9 Å². The number of phenolic OH excluding ortho intramolecular Hbond substituents is 2. The third-order valence-corrected chi connectivity index (χ3v) is 3.42. The van der Waals surface area contributed by atoms with Crippen molar-refractivity contribution in [3.63, 3.8) is 0 Å². The molecule has 0 radical (unpaired) electrons. The molecule has 13 heteroatoms. The van der Waals surface area contributed by atoms with Crippen LogP contribution in [0.5, 0.6) is 11.5 Å². The summed E-state index contributed by atoms with van der Waals surface area (Å²) in [5.41, 5.74) is -3.15. The molecular formula is C14H8F3N4O6+. The number of hydrogen-bond donors (Lipinski definition) is 3. The molecule has 3 N–H and O–H groups in total. The van der Waals surface area contributed by atoms with Crippen LogP contribution in [-0.4, -0.2) is 30.5 Å². The summed E-state index contributed by atoms with van der Waals surface area (Å²) in [6.07, 6.45) is -4.18. The average Bonchev–Trinajstić information content (AvgIpc) is 3.05. The first-order valence-electron chi connectivity index (χ1n) is 6.95. The van der Waals surface area contributed by atoms with Gasteiger partial charge in [-0.25, -0.2) is 0 Å². The number of aromatic nitrogens is 3. The molecule has 10 nitrogen and oxygen atoms in total. The molecule has 140 valence electrons. The minimum atomic E-state index is -4.94. The predicted octanol–water partition coefficient (Wildman–Crippen LogP) is 2.27. The number of nitro benzene ring substituents is 1. The number of rotatable bonds is 3. The Morgan fingerprint density at radius 1 is 1.26 bits per heavy atom. The molecule has 3 rings (SSSR count). The number of nitro groups is 1. The number of hydrogen-bond acceptors (Lipinski definition) is 8. The standard InChI is InChI=1S/C14H7F3N4O6/c15-14(16,17)11-7(2-1-3-20(11)24)12-18-13(27-19-12)6-4-8(21(25)26)10(23)9(22)5-6/h1-5H,(H2-,18,19,22,23,24)/p+1. The summed E-state index contributed by atoms with van der Waals surface area (Å²) in [6.45, 7) is 0. The molecule has 27 heavy (non-hydrogen) atoms. The fourth-order valence-corrected chi connectivity index (χ4v) is 2.28. The number of aromatic hydroxyl groups is 2. The Morgan fingerprint density at radius 3 is 2.59 bits per heavy atom.